The highest BCUT2D eigenvalue weighted by Crippen LogP contribution is 2.45. The van der Waals surface area contributed by atoms with Crippen molar-refractivity contribution in [3.05, 3.63) is 47.8 Å². The lowest BCUT2D eigenvalue weighted by molar-refractivity contribution is 0.0693. The first kappa shape index (κ1) is 18.1. The molecule has 0 saturated carbocycles. The highest BCUT2D eigenvalue weighted by molar-refractivity contribution is 8.13. The van der Waals surface area contributed by atoms with Gasteiger partial charge in [0.2, 0.25) is 5.95 Å². The van der Waals surface area contributed by atoms with Crippen LogP contribution in [0.1, 0.15) is 25.1 Å². The van der Waals surface area contributed by atoms with Crippen LogP contribution in [0.4, 0.5) is 10.3 Å². The molecule has 0 bridgehead atoms. The van der Waals surface area contributed by atoms with E-state index in [1.165, 1.54) is 25.6 Å². The van der Waals surface area contributed by atoms with Gasteiger partial charge in [-0.15, -0.1) is 0 Å². The highest BCUT2D eigenvalue weighted by Gasteiger charge is 2.51. The Morgan fingerprint density at radius 1 is 1.41 bits per heavy atom. The maximum atomic E-state index is 14.1. The molecule has 2 unspecified atom stereocenters. The smallest absolute Gasteiger partial charge is 0.225 e. The number of anilines is 1. The second-order valence-electron chi connectivity index (χ2n) is 7.43. The van der Waals surface area contributed by atoms with Crippen LogP contribution in [0.5, 0.6) is 0 Å². The Morgan fingerprint density at radius 2 is 2.22 bits per heavy atom. The Labute approximate surface area is 160 Å². The van der Waals surface area contributed by atoms with E-state index in [9.17, 15) is 9.50 Å². The minimum Gasteiger partial charge on any atom is -0.384 e. The molecule has 1 saturated heterocycles. The Morgan fingerprint density at radius 3 is 2.93 bits per heavy atom. The summed E-state index contributed by atoms with van der Waals surface area (Å²) in [4.78, 5) is 19.5. The number of aliphatic imine (C=N–C) groups is 1. The summed E-state index contributed by atoms with van der Waals surface area (Å²) in [6, 6.07) is 3.89. The molecule has 2 aromatic heterocycles. The van der Waals surface area contributed by atoms with E-state index < -0.39 is 17.0 Å². The van der Waals surface area contributed by atoms with E-state index in [4.69, 9.17) is 10.7 Å². The summed E-state index contributed by atoms with van der Waals surface area (Å²) in [7, 11) is 0. The molecule has 7 nitrogen and oxygen atoms in total. The topological polar surface area (TPSA) is 101 Å². The molecule has 4 heterocycles. The van der Waals surface area contributed by atoms with Crippen LogP contribution in [-0.2, 0) is 11.1 Å². The summed E-state index contributed by atoms with van der Waals surface area (Å²) >= 11 is 1.53. The molecule has 0 aliphatic carbocycles. The van der Waals surface area contributed by atoms with E-state index in [1.807, 2.05) is 23.2 Å². The van der Waals surface area contributed by atoms with Crippen LogP contribution in [-0.4, -0.2) is 44.1 Å². The predicted molar refractivity (Wildman–Crippen MR) is 103 cm³/mol. The fourth-order valence-electron chi connectivity index (χ4n) is 3.74. The van der Waals surface area contributed by atoms with E-state index in [-0.39, 0.29) is 11.6 Å². The van der Waals surface area contributed by atoms with Crippen molar-refractivity contribution >= 4 is 22.9 Å². The molecule has 142 valence electrons. The van der Waals surface area contributed by atoms with E-state index in [1.54, 1.807) is 6.20 Å². The number of aromatic nitrogens is 3. The number of hydrogen-bond donors (Lipinski definition) is 2. The van der Waals surface area contributed by atoms with Crippen LogP contribution in [0.2, 0.25) is 0 Å². The number of thioether (sulfide) groups is 1. The maximum Gasteiger partial charge on any atom is 0.225 e. The fourth-order valence-corrected chi connectivity index (χ4v) is 4.72. The van der Waals surface area contributed by atoms with Gasteiger partial charge in [0.15, 0.2) is 11.0 Å². The summed E-state index contributed by atoms with van der Waals surface area (Å²) in [6.07, 6.45) is 4.66. The number of rotatable bonds is 3. The summed E-state index contributed by atoms with van der Waals surface area (Å²) in [6.45, 7) is 4.19. The number of aliphatic hydroxyl groups is 1. The third-order valence-electron chi connectivity index (χ3n) is 5.05. The Hall–Kier alpha value is -2.26. The zero-order valence-electron chi connectivity index (χ0n) is 15.1. The van der Waals surface area contributed by atoms with Gasteiger partial charge < -0.3 is 15.7 Å². The molecular formula is C18H21FN6OS. The average Bonchev–Trinajstić information content (AvgIpc) is 3.02. The van der Waals surface area contributed by atoms with E-state index in [0.717, 1.165) is 17.5 Å². The monoisotopic (exact) mass is 388 g/mol. The first-order valence-corrected chi connectivity index (χ1v) is 9.67. The number of nitrogens with two attached hydrogens (primary N) is 1. The first-order chi connectivity index (χ1) is 12.8. The number of pyridine rings is 1. The average molecular weight is 388 g/mol. The van der Waals surface area contributed by atoms with Crippen LogP contribution in [0, 0.1) is 11.7 Å². The second kappa shape index (κ2) is 6.42. The van der Waals surface area contributed by atoms with Gasteiger partial charge in [-0.3, -0.25) is 4.98 Å². The number of hydrogen-bond acceptors (Lipinski definition) is 8. The van der Waals surface area contributed by atoms with Gasteiger partial charge in [-0.1, -0.05) is 17.8 Å². The van der Waals surface area contributed by atoms with Crippen molar-refractivity contribution in [2.75, 3.05) is 23.7 Å². The van der Waals surface area contributed by atoms with Crippen molar-refractivity contribution in [1.29, 1.82) is 0 Å². The second-order valence-corrected chi connectivity index (χ2v) is 8.47. The molecule has 2 aliphatic heterocycles. The van der Waals surface area contributed by atoms with Gasteiger partial charge >= 0.3 is 0 Å². The Bertz CT molecular complexity index is 887. The normalized spacial score (nSPS) is 25.3. The quantitative estimate of drug-likeness (QED) is 0.824. The van der Waals surface area contributed by atoms with Crippen LogP contribution in [0.3, 0.4) is 0 Å². The highest BCUT2D eigenvalue weighted by atomic mass is 32.2. The van der Waals surface area contributed by atoms with Crippen LogP contribution < -0.4 is 10.6 Å². The van der Waals surface area contributed by atoms with Gasteiger partial charge in [0.05, 0.1) is 12.7 Å². The van der Waals surface area contributed by atoms with Crippen molar-refractivity contribution in [2.45, 2.75) is 25.0 Å². The largest absolute Gasteiger partial charge is 0.384 e. The lowest BCUT2D eigenvalue weighted by Crippen LogP contribution is -2.40. The predicted octanol–water partition coefficient (Wildman–Crippen LogP) is 1.63. The van der Waals surface area contributed by atoms with Crippen LogP contribution in [0.25, 0.3) is 0 Å². The van der Waals surface area contributed by atoms with Gasteiger partial charge in [0.25, 0.3) is 0 Å². The molecule has 0 radical (unpaired) electrons. The molecule has 0 amide bonds. The van der Waals surface area contributed by atoms with Gasteiger partial charge in [-0.05, 0) is 19.9 Å². The minimum atomic E-state index is -1.40. The third kappa shape index (κ3) is 3.14. The SMILES string of the molecule is CC(C)(O)c1nc(N2CC3CSC(N)=NC3(c3cccnc3)C2)ncc1F. The maximum absolute atomic E-state index is 14.1. The van der Waals surface area contributed by atoms with Gasteiger partial charge in [-0.2, -0.15) is 0 Å². The standard InChI is InChI=1S/C18H21FN6OS/c1-17(2,26)14-13(19)7-22-16(23-14)25-8-12-9-27-15(20)24-18(12,10-25)11-4-3-5-21-6-11/h3-7,12,26H,8-10H2,1-2H3,(H2,20,24). The zero-order valence-corrected chi connectivity index (χ0v) is 15.9. The van der Waals surface area contributed by atoms with Crippen molar-refractivity contribution in [2.24, 2.45) is 16.6 Å². The number of nitrogens with zero attached hydrogens (tertiary/aromatic N) is 5. The lowest BCUT2D eigenvalue weighted by atomic mass is 9.83. The first-order valence-electron chi connectivity index (χ1n) is 8.68. The molecule has 1 fully saturated rings. The number of amidine groups is 1. The van der Waals surface area contributed by atoms with Crippen molar-refractivity contribution < 1.29 is 9.50 Å². The molecule has 2 aromatic rings. The molecule has 0 spiro atoms. The zero-order chi connectivity index (χ0) is 19.2. The lowest BCUT2D eigenvalue weighted by Gasteiger charge is -2.34. The fraction of sp³-hybridized carbons (Fsp3) is 0.444. The molecule has 27 heavy (non-hydrogen) atoms. The molecule has 0 aromatic carbocycles. The van der Waals surface area contributed by atoms with Gasteiger partial charge in [0, 0.05) is 36.2 Å². The van der Waals surface area contributed by atoms with Gasteiger partial charge in [-0.25, -0.2) is 19.4 Å². The molecule has 9 heteroatoms. The Balaban J connectivity index is 1.75. The summed E-state index contributed by atoms with van der Waals surface area (Å²) < 4.78 is 14.1. The van der Waals surface area contributed by atoms with Gasteiger partial charge in [0.1, 0.15) is 16.8 Å². The van der Waals surface area contributed by atoms with Crippen molar-refractivity contribution in [1.82, 2.24) is 15.0 Å². The Kier molecular flexibility index (Phi) is 4.31. The van der Waals surface area contributed by atoms with Crippen molar-refractivity contribution in [3.63, 3.8) is 0 Å². The molecule has 2 atom stereocenters. The molecule has 2 aliphatic rings. The van der Waals surface area contributed by atoms with E-state index >= 15 is 0 Å². The van der Waals surface area contributed by atoms with Crippen LogP contribution >= 0.6 is 11.8 Å². The number of fused-ring (bicyclic) bond motifs is 1. The molecular weight excluding hydrogens is 367 g/mol. The molecule has 4 rings (SSSR count). The third-order valence-corrected chi connectivity index (χ3v) is 6.00. The van der Waals surface area contributed by atoms with Crippen LogP contribution in [0.15, 0.2) is 35.7 Å². The van der Waals surface area contributed by atoms with Crippen molar-refractivity contribution in [3.8, 4) is 0 Å². The molecule has 3 N–H and O–H groups in total. The van der Waals surface area contributed by atoms with E-state index in [2.05, 4.69) is 15.0 Å². The number of halogens is 1. The summed E-state index contributed by atoms with van der Waals surface area (Å²) in [5.74, 6) is 0.770. The van der Waals surface area contributed by atoms with E-state index in [0.29, 0.717) is 24.2 Å². The summed E-state index contributed by atoms with van der Waals surface area (Å²) in [5.41, 5.74) is 5.10. The summed E-state index contributed by atoms with van der Waals surface area (Å²) in [5, 5.41) is 10.8. The minimum absolute atomic E-state index is 0.0183.